The molecule has 0 fully saturated rings. The Kier molecular flexibility index (Phi) is 5.04. The Hall–Kier alpha value is -1.30. The van der Waals surface area contributed by atoms with Gasteiger partial charge in [0.2, 0.25) is 0 Å². The van der Waals surface area contributed by atoms with Crippen LogP contribution < -0.4 is 5.32 Å². The highest BCUT2D eigenvalue weighted by molar-refractivity contribution is 7.98. The van der Waals surface area contributed by atoms with Crippen molar-refractivity contribution in [1.29, 1.82) is 0 Å². The van der Waals surface area contributed by atoms with Crippen molar-refractivity contribution in [2.75, 3.05) is 23.9 Å². The number of hydrogen-bond acceptors (Lipinski definition) is 5. The van der Waals surface area contributed by atoms with Gasteiger partial charge in [-0.2, -0.15) is 11.8 Å². The summed E-state index contributed by atoms with van der Waals surface area (Å²) in [6.45, 7) is 2.47. The summed E-state index contributed by atoms with van der Waals surface area (Å²) in [6, 6.07) is 1.48. The number of aromatic nitrogens is 1. The van der Waals surface area contributed by atoms with Crippen LogP contribution in [0.2, 0.25) is 0 Å². The first-order valence-electron chi connectivity index (χ1n) is 4.99. The molecule has 0 aromatic carbocycles. The zero-order valence-electron chi connectivity index (χ0n) is 9.40. The standard InChI is InChI=1S/C10H15N3O2S/c1-8-7-12-10(6-9(8)13(14)15)11-4-3-5-16-2/h6-7H,3-5H2,1-2H3,(H,11,12). The van der Waals surface area contributed by atoms with Crippen LogP contribution in [0.3, 0.4) is 0 Å². The molecule has 5 nitrogen and oxygen atoms in total. The first kappa shape index (κ1) is 12.8. The predicted octanol–water partition coefficient (Wildman–Crippen LogP) is 2.46. The molecule has 0 aliphatic carbocycles. The molecule has 0 aliphatic rings. The van der Waals surface area contributed by atoms with E-state index in [2.05, 4.69) is 16.6 Å². The van der Waals surface area contributed by atoms with Gasteiger partial charge in [0.25, 0.3) is 5.69 Å². The SMILES string of the molecule is CSCCCNc1cc([N+](=O)[O-])c(C)cn1. The molecule has 0 spiro atoms. The molecule has 0 saturated heterocycles. The third-order valence-corrected chi connectivity index (χ3v) is 2.80. The van der Waals surface area contributed by atoms with Gasteiger partial charge in [0, 0.05) is 18.3 Å². The highest BCUT2D eigenvalue weighted by atomic mass is 32.2. The molecule has 0 unspecified atom stereocenters. The molecule has 1 N–H and O–H groups in total. The Bertz CT molecular complexity index is 371. The second-order valence-electron chi connectivity index (χ2n) is 3.39. The second-order valence-corrected chi connectivity index (χ2v) is 4.37. The van der Waals surface area contributed by atoms with E-state index in [-0.39, 0.29) is 10.6 Å². The third-order valence-electron chi connectivity index (χ3n) is 2.10. The van der Waals surface area contributed by atoms with Gasteiger partial charge in [-0.05, 0) is 25.4 Å². The van der Waals surface area contributed by atoms with Gasteiger partial charge in [-0.3, -0.25) is 10.1 Å². The Labute approximate surface area is 98.8 Å². The van der Waals surface area contributed by atoms with E-state index >= 15 is 0 Å². The van der Waals surface area contributed by atoms with E-state index in [4.69, 9.17) is 0 Å². The fourth-order valence-electron chi connectivity index (χ4n) is 1.24. The number of hydrogen-bond donors (Lipinski definition) is 1. The van der Waals surface area contributed by atoms with E-state index in [9.17, 15) is 10.1 Å². The topological polar surface area (TPSA) is 68.1 Å². The van der Waals surface area contributed by atoms with Gasteiger partial charge in [-0.1, -0.05) is 0 Å². The molecule has 88 valence electrons. The van der Waals surface area contributed by atoms with Crippen LogP contribution in [0, 0.1) is 17.0 Å². The summed E-state index contributed by atoms with van der Waals surface area (Å²) in [6.07, 6.45) is 4.59. The van der Waals surface area contributed by atoms with Gasteiger partial charge in [-0.15, -0.1) is 0 Å². The van der Waals surface area contributed by atoms with Crippen molar-refractivity contribution in [3.05, 3.63) is 27.9 Å². The smallest absolute Gasteiger partial charge is 0.277 e. The Balaban J connectivity index is 2.61. The molecule has 1 aromatic rings. The highest BCUT2D eigenvalue weighted by Crippen LogP contribution is 2.19. The molecular formula is C10H15N3O2S. The Morgan fingerprint density at radius 2 is 2.38 bits per heavy atom. The number of thioether (sulfide) groups is 1. The molecule has 0 bridgehead atoms. The number of pyridine rings is 1. The lowest BCUT2D eigenvalue weighted by Gasteiger charge is -2.05. The number of nitrogens with zero attached hydrogens (tertiary/aromatic N) is 2. The lowest BCUT2D eigenvalue weighted by atomic mass is 10.2. The van der Waals surface area contributed by atoms with Crippen LogP contribution >= 0.6 is 11.8 Å². The van der Waals surface area contributed by atoms with E-state index in [1.165, 1.54) is 12.3 Å². The van der Waals surface area contributed by atoms with Gasteiger partial charge in [-0.25, -0.2) is 4.98 Å². The van der Waals surface area contributed by atoms with Gasteiger partial charge in [0.1, 0.15) is 5.82 Å². The summed E-state index contributed by atoms with van der Waals surface area (Å²) in [4.78, 5) is 14.4. The first-order valence-corrected chi connectivity index (χ1v) is 6.38. The average molecular weight is 241 g/mol. The maximum absolute atomic E-state index is 10.7. The molecule has 1 rings (SSSR count). The van der Waals surface area contributed by atoms with Crippen LogP contribution in [-0.2, 0) is 0 Å². The van der Waals surface area contributed by atoms with Crippen molar-refractivity contribution in [1.82, 2.24) is 4.98 Å². The Morgan fingerprint density at radius 1 is 1.62 bits per heavy atom. The average Bonchev–Trinajstić information content (AvgIpc) is 2.26. The molecule has 0 aliphatic heterocycles. The number of nitro groups is 1. The molecular weight excluding hydrogens is 226 g/mol. The van der Waals surface area contributed by atoms with Gasteiger partial charge >= 0.3 is 0 Å². The monoisotopic (exact) mass is 241 g/mol. The zero-order chi connectivity index (χ0) is 12.0. The fraction of sp³-hybridized carbons (Fsp3) is 0.500. The molecule has 0 saturated carbocycles. The van der Waals surface area contributed by atoms with Gasteiger partial charge < -0.3 is 5.32 Å². The Morgan fingerprint density at radius 3 is 3.00 bits per heavy atom. The summed E-state index contributed by atoms with van der Waals surface area (Å²) in [5, 5.41) is 13.8. The molecule has 6 heteroatoms. The van der Waals surface area contributed by atoms with Crippen LogP contribution in [0.5, 0.6) is 0 Å². The van der Waals surface area contributed by atoms with Crippen LogP contribution in [0.25, 0.3) is 0 Å². The lowest BCUT2D eigenvalue weighted by molar-refractivity contribution is -0.385. The van der Waals surface area contributed by atoms with Crippen molar-refractivity contribution >= 4 is 23.3 Å². The van der Waals surface area contributed by atoms with E-state index in [1.807, 2.05) is 0 Å². The molecule has 1 heterocycles. The van der Waals surface area contributed by atoms with Crippen molar-refractivity contribution in [3.63, 3.8) is 0 Å². The minimum atomic E-state index is -0.385. The van der Waals surface area contributed by atoms with Crippen LogP contribution in [0.15, 0.2) is 12.3 Å². The van der Waals surface area contributed by atoms with E-state index in [1.54, 1.807) is 18.7 Å². The first-order chi connectivity index (χ1) is 7.65. The van der Waals surface area contributed by atoms with E-state index in [0.717, 1.165) is 18.7 Å². The minimum Gasteiger partial charge on any atom is -0.370 e. The van der Waals surface area contributed by atoms with Crippen LogP contribution in [-0.4, -0.2) is 28.5 Å². The van der Waals surface area contributed by atoms with E-state index in [0.29, 0.717) is 11.4 Å². The third kappa shape index (κ3) is 3.69. The van der Waals surface area contributed by atoms with Crippen LogP contribution in [0.1, 0.15) is 12.0 Å². The molecule has 1 aromatic heterocycles. The summed E-state index contributed by atoms with van der Waals surface area (Å²) >= 11 is 1.78. The molecule has 16 heavy (non-hydrogen) atoms. The maximum atomic E-state index is 10.7. The summed E-state index contributed by atoms with van der Waals surface area (Å²) in [5.41, 5.74) is 0.696. The number of aryl methyl sites for hydroxylation is 1. The van der Waals surface area contributed by atoms with E-state index < -0.39 is 0 Å². The molecule has 0 amide bonds. The van der Waals surface area contributed by atoms with Crippen molar-refractivity contribution in [2.24, 2.45) is 0 Å². The molecule has 0 atom stereocenters. The number of rotatable bonds is 6. The fourth-order valence-corrected chi connectivity index (χ4v) is 1.67. The van der Waals surface area contributed by atoms with Gasteiger partial charge in [0.15, 0.2) is 0 Å². The minimum absolute atomic E-state index is 0.113. The van der Waals surface area contributed by atoms with Gasteiger partial charge in [0.05, 0.1) is 11.0 Å². The van der Waals surface area contributed by atoms with Crippen molar-refractivity contribution < 1.29 is 4.92 Å². The molecule has 0 radical (unpaired) electrons. The normalized spacial score (nSPS) is 10.1. The second kappa shape index (κ2) is 6.32. The highest BCUT2D eigenvalue weighted by Gasteiger charge is 2.11. The largest absolute Gasteiger partial charge is 0.370 e. The van der Waals surface area contributed by atoms with Crippen molar-refractivity contribution in [2.45, 2.75) is 13.3 Å². The van der Waals surface area contributed by atoms with Crippen LogP contribution in [0.4, 0.5) is 11.5 Å². The lowest BCUT2D eigenvalue weighted by Crippen LogP contribution is -2.05. The number of nitrogens with one attached hydrogen (secondary N) is 1. The van der Waals surface area contributed by atoms with Crippen molar-refractivity contribution in [3.8, 4) is 0 Å². The summed E-state index contributed by atoms with van der Waals surface area (Å²) < 4.78 is 0. The predicted molar refractivity (Wildman–Crippen MR) is 67.1 cm³/mol. The maximum Gasteiger partial charge on any atom is 0.277 e. The number of anilines is 1. The zero-order valence-corrected chi connectivity index (χ0v) is 10.2. The quantitative estimate of drug-likeness (QED) is 0.470. The summed E-state index contributed by atoms with van der Waals surface area (Å²) in [7, 11) is 0. The summed E-state index contributed by atoms with van der Waals surface area (Å²) in [5.74, 6) is 1.64.